The van der Waals surface area contributed by atoms with Gasteiger partial charge in [0.15, 0.2) is 0 Å². The molecule has 0 rings (SSSR count). The van der Waals surface area contributed by atoms with E-state index < -0.39 is 8.07 Å². The highest BCUT2D eigenvalue weighted by Crippen LogP contribution is 2.14. The van der Waals surface area contributed by atoms with Gasteiger partial charge in [0, 0.05) is 8.07 Å². The molecule has 0 aliphatic carbocycles. The fourth-order valence-electron chi connectivity index (χ4n) is 1.08. The monoisotopic (exact) mass is 158 g/mol. The van der Waals surface area contributed by atoms with Crippen LogP contribution in [0.15, 0.2) is 0 Å². The van der Waals surface area contributed by atoms with Gasteiger partial charge in [0.05, 0.1) is 0 Å². The lowest BCUT2D eigenvalue weighted by atomic mass is 10.2. The van der Waals surface area contributed by atoms with Crippen molar-refractivity contribution < 1.29 is 0 Å². The molecule has 0 aromatic carbocycles. The standard InChI is InChI=1S/C9H22Si/c1-5-6-7-8-9-10(2,3)4/h5-9H2,1-4H3. The minimum Gasteiger partial charge on any atom is -0.0695 e. The van der Waals surface area contributed by atoms with Gasteiger partial charge in [0.25, 0.3) is 0 Å². The first-order valence-electron chi connectivity index (χ1n) is 4.56. The van der Waals surface area contributed by atoms with Crippen molar-refractivity contribution in [3.63, 3.8) is 0 Å². The number of hydrogen-bond acceptors (Lipinski definition) is 0. The Morgan fingerprint density at radius 2 is 1.50 bits per heavy atom. The van der Waals surface area contributed by atoms with Crippen molar-refractivity contribution in [1.29, 1.82) is 0 Å². The van der Waals surface area contributed by atoms with Gasteiger partial charge in [-0.15, -0.1) is 0 Å². The maximum absolute atomic E-state index is 2.46. The smallest absolute Gasteiger partial charge is 0.0442 e. The first-order valence-corrected chi connectivity index (χ1v) is 8.27. The molecule has 0 aliphatic heterocycles. The fourth-order valence-corrected chi connectivity index (χ4v) is 2.39. The third kappa shape index (κ3) is 8.22. The third-order valence-corrected chi connectivity index (χ3v) is 3.63. The van der Waals surface area contributed by atoms with E-state index in [9.17, 15) is 0 Å². The van der Waals surface area contributed by atoms with Crippen LogP contribution in [0.5, 0.6) is 0 Å². The molecule has 0 N–H and O–H groups in total. The molecule has 0 heterocycles. The molecule has 0 saturated heterocycles. The summed E-state index contributed by atoms with van der Waals surface area (Å²) in [5, 5.41) is 0. The molecular formula is C9H22Si. The Morgan fingerprint density at radius 1 is 0.900 bits per heavy atom. The molecule has 0 atom stereocenters. The Bertz CT molecular complexity index is 71.3. The molecule has 10 heavy (non-hydrogen) atoms. The Kier molecular flexibility index (Phi) is 5.05. The van der Waals surface area contributed by atoms with E-state index in [0.717, 1.165) is 0 Å². The SMILES string of the molecule is CCCCCC[Si](C)(C)C. The van der Waals surface area contributed by atoms with E-state index in [4.69, 9.17) is 0 Å². The zero-order valence-corrected chi connectivity index (χ0v) is 9.04. The molecule has 0 nitrogen and oxygen atoms in total. The largest absolute Gasteiger partial charge is 0.0695 e. The summed E-state index contributed by atoms with van der Waals surface area (Å²) in [4.78, 5) is 0. The third-order valence-electron chi connectivity index (χ3n) is 1.78. The number of unbranched alkanes of at least 4 members (excludes halogenated alkanes) is 3. The highest BCUT2D eigenvalue weighted by Gasteiger charge is 2.10. The van der Waals surface area contributed by atoms with E-state index in [1.54, 1.807) is 0 Å². The van der Waals surface area contributed by atoms with Crippen molar-refractivity contribution >= 4 is 8.07 Å². The minimum absolute atomic E-state index is 0.707. The second-order valence-corrected chi connectivity index (χ2v) is 9.99. The molecule has 62 valence electrons. The zero-order valence-electron chi connectivity index (χ0n) is 8.04. The lowest BCUT2D eigenvalue weighted by molar-refractivity contribution is 0.697. The van der Waals surface area contributed by atoms with Gasteiger partial charge < -0.3 is 0 Å². The summed E-state index contributed by atoms with van der Waals surface area (Å²) in [7, 11) is -0.707. The molecular weight excluding hydrogens is 136 g/mol. The van der Waals surface area contributed by atoms with Crippen LogP contribution < -0.4 is 0 Å². The lowest BCUT2D eigenvalue weighted by Gasteiger charge is -2.14. The summed E-state index contributed by atoms with van der Waals surface area (Å²) >= 11 is 0. The second kappa shape index (κ2) is 4.95. The van der Waals surface area contributed by atoms with Crippen molar-refractivity contribution in [3.8, 4) is 0 Å². The molecule has 0 spiro atoms. The molecule has 0 fully saturated rings. The maximum Gasteiger partial charge on any atom is 0.0442 e. The molecule has 0 amide bonds. The van der Waals surface area contributed by atoms with Crippen LogP contribution in [0.2, 0.25) is 25.7 Å². The maximum atomic E-state index is 2.46. The van der Waals surface area contributed by atoms with Gasteiger partial charge in [-0.25, -0.2) is 0 Å². The van der Waals surface area contributed by atoms with Gasteiger partial charge in [-0.2, -0.15) is 0 Å². The first-order chi connectivity index (χ1) is 4.56. The van der Waals surface area contributed by atoms with Gasteiger partial charge >= 0.3 is 0 Å². The van der Waals surface area contributed by atoms with Crippen LogP contribution in [0.1, 0.15) is 32.6 Å². The highest BCUT2D eigenvalue weighted by molar-refractivity contribution is 6.76. The Morgan fingerprint density at radius 3 is 1.90 bits per heavy atom. The van der Waals surface area contributed by atoms with E-state index in [1.807, 2.05) is 0 Å². The highest BCUT2D eigenvalue weighted by atomic mass is 28.3. The molecule has 0 bridgehead atoms. The first kappa shape index (κ1) is 10.2. The van der Waals surface area contributed by atoms with Crippen LogP contribution in [0.4, 0.5) is 0 Å². The van der Waals surface area contributed by atoms with Crippen molar-refractivity contribution in [2.24, 2.45) is 0 Å². The van der Waals surface area contributed by atoms with Gasteiger partial charge in [0.1, 0.15) is 0 Å². The Labute approximate surface area is 67.0 Å². The summed E-state index contributed by atoms with van der Waals surface area (Å²) in [5.41, 5.74) is 0. The Balaban J connectivity index is 3.04. The summed E-state index contributed by atoms with van der Waals surface area (Å²) in [6.45, 7) is 9.64. The zero-order chi connectivity index (χ0) is 8.04. The lowest BCUT2D eigenvalue weighted by Crippen LogP contribution is -2.18. The molecule has 0 saturated carbocycles. The molecule has 1 heteroatoms. The Hall–Kier alpha value is 0.217. The van der Waals surface area contributed by atoms with Crippen LogP contribution in [0, 0.1) is 0 Å². The fraction of sp³-hybridized carbons (Fsp3) is 1.00. The van der Waals surface area contributed by atoms with Crippen LogP contribution >= 0.6 is 0 Å². The van der Waals surface area contributed by atoms with Crippen molar-refractivity contribution in [1.82, 2.24) is 0 Å². The average molecular weight is 158 g/mol. The van der Waals surface area contributed by atoms with Crippen LogP contribution in [-0.2, 0) is 0 Å². The predicted octanol–water partition coefficient (Wildman–Crippen LogP) is 3.90. The molecule has 0 aromatic heterocycles. The molecule has 0 radical (unpaired) electrons. The van der Waals surface area contributed by atoms with Gasteiger partial charge in [-0.05, 0) is 0 Å². The van der Waals surface area contributed by atoms with Crippen molar-refractivity contribution in [2.75, 3.05) is 0 Å². The number of hydrogen-bond donors (Lipinski definition) is 0. The van der Waals surface area contributed by atoms with Gasteiger partial charge in [0.2, 0.25) is 0 Å². The summed E-state index contributed by atoms with van der Waals surface area (Å²) in [6.07, 6.45) is 5.74. The van der Waals surface area contributed by atoms with Crippen molar-refractivity contribution in [3.05, 3.63) is 0 Å². The van der Waals surface area contributed by atoms with Crippen LogP contribution in [0.25, 0.3) is 0 Å². The van der Waals surface area contributed by atoms with E-state index >= 15 is 0 Å². The summed E-state index contributed by atoms with van der Waals surface area (Å²) in [5.74, 6) is 0. The second-order valence-electron chi connectivity index (χ2n) is 4.37. The quantitative estimate of drug-likeness (QED) is 0.420. The van der Waals surface area contributed by atoms with E-state index in [1.165, 1.54) is 31.7 Å². The molecule has 0 aromatic rings. The number of rotatable bonds is 5. The normalized spacial score (nSPS) is 12.0. The summed E-state index contributed by atoms with van der Waals surface area (Å²) < 4.78 is 0. The predicted molar refractivity (Wildman–Crippen MR) is 52.3 cm³/mol. The van der Waals surface area contributed by atoms with Gasteiger partial charge in [-0.1, -0.05) is 58.3 Å². The topological polar surface area (TPSA) is 0 Å². The van der Waals surface area contributed by atoms with Crippen LogP contribution in [0.3, 0.4) is 0 Å². The summed E-state index contributed by atoms with van der Waals surface area (Å²) in [6, 6.07) is 1.52. The van der Waals surface area contributed by atoms with E-state index in [-0.39, 0.29) is 0 Å². The van der Waals surface area contributed by atoms with E-state index in [0.29, 0.717) is 0 Å². The van der Waals surface area contributed by atoms with E-state index in [2.05, 4.69) is 26.6 Å². The average Bonchev–Trinajstić information content (AvgIpc) is 1.78. The molecule has 0 unspecified atom stereocenters. The van der Waals surface area contributed by atoms with Crippen molar-refractivity contribution in [2.45, 2.75) is 58.3 Å². The van der Waals surface area contributed by atoms with Crippen LogP contribution in [-0.4, -0.2) is 8.07 Å². The van der Waals surface area contributed by atoms with Gasteiger partial charge in [-0.3, -0.25) is 0 Å². The molecule has 0 aliphatic rings. The minimum atomic E-state index is -0.707.